The van der Waals surface area contributed by atoms with Crippen LogP contribution in [0.3, 0.4) is 0 Å². The van der Waals surface area contributed by atoms with Gasteiger partial charge < -0.3 is 15.5 Å². The fourth-order valence-electron chi connectivity index (χ4n) is 5.04. The number of amides is 4. The van der Waals surface area contributed by atoms with Crippen LogP contribution in [0.4, 0.5) is 32.3 Å². The normalized spacial score (nSPS) is 14.9. The van der Waals surface area contributed by atoms with E-state index in [1.807, 2.05) is 42.5 Å². The largest absolute Gasteiger partial charge is 0.364 e. The number of hydrogen-bond acceptors (Lipinski definition) is 5. The second-order valence-corrected chi connectivity index (χ2v) is 12.7. The van der Waals surface area contributed by atoms with E-state index in [-0.39, 0.29) is 6.04 Å². The Morgan fingerprint density at radius 2 is 1.44 bits per heavy atom. The third-order valence-electron chi connectivity index (χ3n) is 7.18. The Hall–Kier alpha value is -4.54. The molecule has 5 rings (SSSR count). The Labute approximate surface area is 256 Å². The molecule has 0 aromatic heterocycles. The van der Waals surface area contributed by atoms with Gasteiger partial charge in [0.05, 0.1) is 16.6 Å². The lowest BCUT2D eigenvalue weighted by Crippen LogP contribution is -2.50. The molecule has 4 aromatic carbocycles. The van der Waals surface area contributed by atoms with Crippen molar-refractivity contribution in [3.8, 4) is 0 Å². The third-order valence-corrected chi connectivity index (χ3v) is 8.56. The van der Waals surface area contributed by atoms with Crippen LogP contribution in [0.1, 0.15) is 30.9 Å². The number of sulfone groups is 1. The summed E-state index contributed by atoms with van der Waals surface area (Å²) >= 11 is 5.93. The van der Waals surface area contributed by atoms with Crippen LogP contribution >= 0.6 is 11.6 Å². The van der Waals surface area contributed by atoms with E-state index in [9.17, 15) is 18.0 Å². The number of para-hydroxylation sites is 1. The molecule has 1 aliphatic rings. The fourth-order valence-corrected chi connectivity index (χ4v) is 5.80. The summed E-state index contributed by atoms with van der Waals surface area (Å²) in [6.07, 6.45) is 4.29. The van der Waals surface area contributed by atoms with Crippen molar-refractivity contribution < 1.29 is 18.0 Å². The number of carbonyl (C=O) groups is 2. The molecule has 4 amide bonds. The maximum Gasteiger partial charge on any atom is 0.345 e. The molecule has 0 bridgehead atoms. The predicted molar refractivity (Wildman–Crippen MR) is 171 cm³/mol. The van der Waals surface area contributed by atoms with Gasteiger partial charge >= 0.3 is 12.1 Å². The zero-order valence-electron chi connectivity index (χ0n) is 23.5. The van der Waals surface area contributed by atoms with E-state index in [2.05, 4.69) is 21.0 Å². The number of urea groups is 2. The number of anilines is 4. The Morgan fingerprint density at radius 1 is 0.814 bits per heavy atom. The van der Waals surface area contributed by atoms with E-state index in [4.69, 9.17) is 11.6 Å². The molecule has 0 saturated carbocycles. The Balaban J connectivity index is 1.29. The number of hydrogen-bond donors (Lipinski definition) is 3. The number of carbonyl (C=O) groups excluding carboxylic acids is 2. The lowest BCUT2D eigenvalue weighted by atomic mass is 9.94. The van der Waals surface area contributed by atoms with Gasteiger partial charge in [-0.15, -0.1) is 0 Å². The van der Waals surface area contributed by atoms with Crippen LogP contribution in [0.25, 0.3) is 0 Å². The van der Waals surface area contributed by atoms with Gasteiger partial charge in [-0.3, -0.25) is 0 Å². The smallest absolute Gasteiger partial charge is 0.345 e. The minimum atomic E-state index is -3.26. The van der Waals surface area contributed by atoms with E-state index in [1.165, 1.54) is 6.26 Å². The van der Waals surface area contributed by atoms with E-state index in [1.54, 1.807) is 60.7 Å². The van der Waals surface area contributed by atoms with Gasteiger partial charge in [0.1, 0.15) is 0 Å². The number of halogens is 1. The van der Waals surface area contributed by atoms with Gasteiger partial charge in [-0.25, -0.2) is 28.4 Å². The predicted octanol–water partition coefficient (Wildman–Crippen LogP) is 7.25. The van der Waals surface area contributed by atoms with Crippen LogP contribution in [-0.2, 0) is 9.84 Å². The number of rotatable bonds is 6. The summed E-state index contributed by atoms with van der Waals surface area (Å²) in [6.45, 7) is 0.860. The van der Waals surface area contributed by atoms with Crippen molar-refractivity contribution >= 4 is 56.2 Å². The van der Waals surface area contributed by atoms with Crippen molar-refractivity contribution in [1.82, 2.24) is 5.43 Å². The van der Waals surface area contributed by atoms with Gasteiger partial charge in [0.15, 0.2) is 9.84 Å². The van der Waals surface area contributed by atoms with Crippen molar-refractivity contribution in [3.63, 3.8) is 0 Å². The SMILES string of the molecule is CS(=O)(=O)c1ccc(C2CCCCN2c2ccc(NC(=O)N(NC(=O)Nc3ccc(Cl)cc3)c3ccccc3)cc2)cc1. The quantitative estimate of drug-likeness (QED) is 0.197. The molecular weight excluding hydrogens is 586 g/mol. The first-order valence-corrected chi connectivity index (χ1v) is 16.1. The summed E-state index contributed by atoms with van der Waals surface area (Å²) < 4.78 is 23.8. The molecule has 0 aliphatic carbocycles. The van der Waals surface area contributed by atoms with Crippen molar-refractivity contribution in [2.45, 2.75) is 30.2 Å². The van der Waals surface area contributed by atoms with Crippen LogP contribution in [0, 0.1) is 0 Å². The highest BCUT2D eigenvalue weighted by Gasteiger charge is 2.25. The maximum absolute atomic E-state index is 13.4. The van der Waals surface area contributed by atoms with E-state index in [0.717, 1.165) is 42.1 Å². The Kier molecular flexibility index (Phi) is 9.18. The van der Waals surface area contributed by atoms with Gasteiger partial charge in [-0.2, -0.15) is 0 Å². The molecule has 9 nitrogen and oxygen atoms in total. The summed E-state index contributed by atoms with van der Waals surface area (Å²) in [5, 5.41) is 7.24. The second kappa shape index (κ2) is 13.2. The van der Waals surface area contributed by atoms with Crippen LogP contribution in [0.15, 0.2) is 108 Å². The zero-order chi connectivity index (χ0) is 30.4. The third kappa shape index (κ3) is 7.65. The van der Waals surface area contributed by atoms with Gasteiger partial charge in [-0.05, 0) is 97.6 Å². The van der Waals surface area contributed by atoms with Crippen molar-refractivity contribution in [3.05, 3.63) is 114 Å². The first-order valence-electron chi connectivity index (χ1n) is 13.8. The molecule has 0 radical (unpaired) electrons. The first-order chi connectivity index (χ1) is 20.7. The number of nitrogens with one attached hydrogen (secondary N) is 3. The topological polar surface area (TPSA) is 111 Å². The number of hydrazine groups is 1. The average Bonchev–Trinajstić information content (AvgIpc) is 3.01. The minimum Gasteiger partial charge on any atom is -0.364 e. The van der Waals surface area contributed by atoms with Crippen LogP contribution in [0.2, 0.25) is 5.02 Å². The number of piperidine rings is 1. The molecule has 1 fully saturated rings. The Bertz CT molecular complexity index is 1670. The van der Waals surface area contributed by atoms with Gasteiger partial charge in [0.2, 0.25) is 0 Å². The minimum absolute atomic E-state index is 0.111. The lowest BCUT2D eigenvalue weighted by Gasteiger charge is -2.38. The molecule has 43 heavy (non-hydrogen) atoms. The molecule has 222 valence electrons. The highest BCUT2D eigenvalue weighted by Crippen LogP contribution is 2.36. The molecular formula is C32H32ClN5O4S. The molecule has 0 spiro atoms. The van der Waals surface area contributed by atoms with Gasteiger partial charge in [0.25, 0.3) is 0 Å². The van der Waals surface area contributed by atoms with Gasteiger partial charge in [0, 0.05) is 34.9 Å². The first kappa shape index (κ1) is 29.9. The Morgan fingerprint density at radius 3 is 2.09 bits per heavy atom. The molecule has 3 N–H and O–H groups in total. The number of benzene rings is 4. The average molecular weight is 618 g/mol. The lowest BCUT2D eigenvalue weighted by molar-refractivity contribution is 0.243. The molecule has 1 saturated heterocycles. The molecule has 1 atom stereocenters. The zero-order valence-corrected chi connectivity index (χ0v) is 25.1. The van der Waals surface area contributed by atoms with Crippen molar-refractivity contribution in [2.75, 3.05) is 33.3 Å². The van der Waals surface area contributed by atoms with E-state index < -0.39 is 21.9 Å². The molecule has 1 aliphatic heterocycles. The van der Waals surface area contributed by atoms with Crippen LogP contribution in [0.5, 0.6) is 0 Å². The summed E-state index contributed by atoms with van der Waals surface area (Å²) in [5.41, 5.74) is 6.22. The molecule has 11 heteroatoms. The summed E-state index contributed by atoms with van der Waals surface area (Å²) in [6, 6.07) is 29.0. The fraction of sp³-hybridized carbons (Fsp3) is 0.188. The summed E-state index contributed by atoms with van der Waals surface area (Å²) in [4.78, 5) is 28.7. The second-order valence-electron chi connectivity index (χ2n) is 10.3. The van der Waals surface area contributed by atoms with Crippen molar-refractivity contribution in [2.24, 2.45) is 0 Å². The van der Waals surface area contributed by atoms with E-state index in [0.29, 0.717) is 27.0 Å². The van der Waals surface area contributed by atoms with Crippen LogP contribution in [-0.4, -0.2) is 33.3 Å². The van der Waals surface area contributed by atoms with E-state index >= 15 is 0 Å². The standard InChI is InChI=1S/C32H32ClN5O4S/c1-43(41,42)29-20-10-23(11-21-29)30-9-5-6-22-37(30)27-18-16-26(17-19-27)35-32(40)38(28-7-3-2-4-8-28)36-31(39)34-25-14-12-24(33)13-15-25/h2-4,7-8,10-21,30H,5-6,9,22H2,1H3,(H,35,40)(H2,34,36,39). The molecule has 1 heterocycles. The maximum atomic E-state index is 13.4. The molecule has 4 aromatic rings. The summed E-state index contributed by atoms with van der Waals surface area (Å²) in [7, 11) is -3.26. The molecule has 1 unspecified atom stereocenters. The number of nitrogens with zero attached hydrogens (tertiary/aromatic N) is 2. The summed E-state index contributed by atoms with van der Waals surface area (Å²) in [5.74, 6) is 0. The van der Waals surface area contributed by atoms with Crippen LogP contribution < -0.4 is 26.0 Å². The monoisotopic (exact) mass is 617 g/mol. The van der Waals surface area contributed by atoms with Gasteiger partial charge in [-0.1, -0.05) is 41.9 Å². The highest BCUT2D eigenvalue weighted by molar-refractivity contribution is 7.90. The highest BCUT2D eigenvalue weighted by atomic mass is 35.5. The van der Waals surface area contributed by atoms with Crippen molar-refractivity contribution in [1.29, 1.82) is 0 Å².